The van der Waals surface area contributed by atoms with Crippen LogP contribution in [0.15, 0.2) is 12.7 Å². The highest BCUT2D eigenvalue weighted by Gasteiger charge is 2.21. The summed E-state index contributed by atoms with van der Waals surface area (Å²) in [5.41, 5.74) is 0. The Morgan fingerprint density at radius 3 is 3.00 bits per heavy atom. The first-order valence-electron chi connectivity index (χ1n) is 5.77. The molecule has 1 aliphatic heterocycles. The summed E-state index contributed by atoms with van der Waals surface area (Å²) in [7, 11) is 0. The average Bonchev–Trinajstić information content (AvgIpc) is 2.18. The van der Waals surface area contributed by atoms with Crippen molar-refractivity contribution < 1.29 is 4.79 Å². The molecule has 1 heterocycles. The molecule has 86 valence electrons. The second-order valence-electron chi connectivity index (χ2n) is 4.55. The topological polar surface area (TPSA) is 32.3 Å². The summed E-state index contributed by atoms with van der Waals surface area (Å²) in [5, 5.41) is 3.09. The van der Waals surface area contributed by atoms with E-state index in [0.717, 1.165) is 32.5 Å². The van der Waals surface area contributed by atoms with Crippen molar-refractivity contribution >= 4 is 5.91 Å². The number of carbonyl (C=O) groups excluding carboxylic acids is 1. The highest BCUT2D eigenvalue weighted by atomic mass is 16.1. The van der Waals surface area contributed by atoms with Gasteiger partial charge in [0.1, 0.15) is 0 Å². The molecular weight excluding hydrogens is 188 g/mol. The summed E-state index contributed by atoms with van der Waals surface area (Å²) < 4.78 is 0. The van der Waals surface area contributed by atoms with Crippen molar-refractivity contribution in [2.75, 3.05) is 19.6 Å². The zero-order valence-corrected chi connectivity index (χ0v) is 9.83. The van der Waals surface area contributed by atoms with Crippen LogP contribution in [0.2, 0.25) is 0 Å². The Bertz CT molecular complexity index is 226. The van der Waals surface area contributed by atoms with Gasteiger partial charge in [-0.05, 0) is 19.4 Å². The van der Waals surface area contributed by atoms with E-state index < -0.39 is 0 Å². The summed E-state index contributed by atoms with van der Waals surface area (Å²) in [6.45, 7) is 10.6. The molecule has 1 rings (SSSR count). The predicted octanol–water partition coefficient (Wildman–Crippen LogP) is 1.41. The molecule has 1 aliphatic rings. The standard InChI is InChI=1S/C12H22N2O/c1-4-7-14-8-5-6-11(9-14)13-12(15)10(2)3/h4,10-11H,1,5-9H2,2-3H3,(H,13,15). The van der Waals surface area contributed by atoms with Crippen molar-refractivity contribution in [1.82, 2.24) is 10.2 Å². The summed E-state index contributed by atoms with van der Waals surface area (Å²) in [6.07, 6.45) is 4.19. The van der Waals surface area contributed by atoms with E-state index in [0.29, 0.717) is 6.04 Å². The minimum absolute atomic E-state index is 0.0831. The molecule has 0 saturated carbocycles. The molecule has 1 fully saturated rings. The third kappa shape index (κ3) is 4.04. The van der Waals surface area contributed by atoms with Crippen molar-refractivity contribution in [3.8, 4) is 0 Å². The Labute approximate surface area is 92.5 Å². The lowest BCUT2D eigenvalue weighted by atomic mass is 10.0. The van der Waals surface area contributed by atoms with Crippen LogP contribution in [0.3, 0.4) is 0 Å². The van der Waals surface area contributed by atoms with E-state index in [1.807, 2.05) is 19.9 Å². The van der Waals surface area contributed by atoms with Crippen LogP contribution in [0.4, 0.5) is 0 Å². The van der Waals surface area contributed by atoms with Crippen LogP contribution in [0.1, 0.15) is 26.7 Å². The van der Waals surface area contributed by atoms with Gasteiger partial charge in [-0.2, -0.15) is 0 Å². The molecule has 15 heavy (non-hydrogen) atoms. The van der Waals surface area contributed by atoms with Gasteiger partial charge in [0.05, 0.1) is 0 Å². The van der Waals surface area contributed by atoms with Gasteiger partial charge in [-0.25, -0.2) is 0 Å². The Hall–Kier alpha value is -0.830. The van der Waals surface area contributed by atoms with Crippen molar-refractivity contribution in [2.45, 2.75) is 32.7 Å². The predicted molar refractivity (Wildman–Crippen MR) is 62.6 cm³/mol. The van der Waals surface area contributed by atoms with E-state index in [4.69, 9.17) is 0 Å². The summed E-state index contributed by atoms with van der Waals surface area (Å²) in [6, 6.07) is 0.327. The van der Waals surface area contributed by atoms with Crippen LogP contribution < -0.4 is 5.32 Å². The average molecular weight is 210 g/mol. The van der Waals surface area contributed by atoms with Crippen molar-refractivity contribution in [3.63, 3.8) is 0 Å². The molecule has 1 N–H and O–H groups in total. The fourth-order valence-corrected chi connectivity index (χ4v) is 1.89. The van der Waals surface area contributed by atoms with Gasteiger partial charge in [0.25, 0.3) is 0 Å². The maximum atomic E-state index is 11.5. The Balaban J connectivity index is 2.35. The molecule has 3 nitrogen and oxygen atoms in total. The summed E-state index contributed by atoms with van der Waals surface area (Å²) in [4.78, 5) is 13.9. The molecule has 0 spiro atoms. The van der Waals surface area contributed by atoms with Gasteiger partial charge in [0.2, 0.25) is 5.91 Å². The molecule has 1 amide bonds. The molecule has 0 bridgehead atoms. The monoisotopic (exact) mass is 210 g/mol. The zero-order valence-electron chi connectivity index (χ0n) is 9.83. The molecule has 3 heteroatoms. The fourth-order valence-electron chi connectivity index (χ4n) is 1.89. The number of hydrogen-bond donors (Lipinski definition) is 1. The van der Waals surface area contributed by atoms with E-state index >= 15 is 0 Å². The van der Waals surface area contributed by atoms with E-state index in [-0.39, 0.29) is 11.8 Å². The largest absolute Gasteiger partial charge is 0.352 e. The fraction of sp³-hybridized carbons (Fsp3) is 0.750. The Morgan fingerprint density at radius 1 is 1.67 bits per heavy atom. The van der Waals surface area contributed by atoms with E-state index in [1.54, 1.807) is 0 Å². The summed E-state index contributed by atoms with van der Waals surface area (Å²) >= 11 is 0. The smallest absolute Gasteiger partial charge is 0.222 e. The normalized spacial score (nSPS) is 22.7. The van der Waals surface area contributed by atoms with Crippen molar-refractivity contribution in [1.29, 1.82) is 0 Å². The Morgan fingerprint density at radius 2 is 2.40 bits per heavy atom. The highest BCUT2D eigenvalue weighted by Crippen LogP contribution is 2.10. The number of nitrogens with one attached hydrogen (secondary N) is 1. The van der Waals surface area contributed by atoms with E-state index in [1.165, 1.54) is 0 Å². The molecule has 1 unspecified atom stereocenters. The molecule has 0 radical (unpaired) electrons. The van der Waals surface area contributed by atoms with Gasteiger partial charge in [-0.1, -0.05) is 19.9 Å². The number of hydrogen-bond acceptors (Lipinski definition) is 2. The first-order chi connectivity index (χ1) is 7.13. The van der Waals surface area contributed by atoms with Gasteiger partial charge < -0.3 is 5.32 Å². The molecule has 1 atom stereocenters. The van der Waals surface area contributed by atoms with Crippen LogP contribution in [0.25, 0.3) is 0 Å². The van der Waals surface area contributed by atoms with Gasteiger partial charge in [0, 0.05) is 25.0 Å². The number of carbonyl (C=O) groups is 1. The lowest BCUT2D eigenvalue weighted by molar-refractivity contribution is -0.125. The molecular formula is C12H22N2O. The highest BCUT2D eigenvalue weighted by molar-refractivity contribution is 5.78. The van der Waals surface area contributed by atoms with Crippen LogP contribution in [0.5, 0.6) is 0 Å². The van der Waals surface area contributed by atoms with Crippen LogP contribution in [0, 0.1) is 5.92 Å². The number of rotatable bonds is 4. The maximum absolute atomic E-state index is 11.5. The van der Waals surface area contributed by atoms with E-state index in [9.17, 15) is 4.79 Å². The number of nitrogens with zero attached hydrogens (tertiary/aromatic N) is 1. The quantitative estimate of drug-likeness (QED) is 0.712. The lowest BCUT2D eigenvalue weighted by Crippen LogP contribution is -2.48. The second-order valence-corrected chi connectivity index (χ2v) is 4.55. The SMILES string of the molecule is C=CCN1CCCC(NC(=O)C(C)C)C1. The van der Waals surface area contributed by atoms with Crippen LogP contribution in [-0.2, 0) is 4.79 Å². The summed E-state index contributed by atoms with van der Waals surface area (Å²) in [5.74, 6) is 0.250. The lowest BCUT2D eigenvalue weighted by Gasteiger charge is -2.32. The second kappa shape index (κ2) is 5.91. The van der Waals surface area contributed by atoms with Crippen LogP contribution in [-0.4, -0.2) is 36.5 Å². The molecule has 0 aromatic carbocycles. The number of amides is 1. The third-order valence-electron chi connectivity index (χ3n) is 2.76. The van der Waals surface area contributed by atoms with Gasteiger partial charge in [-0.15, -0.1) is 6.58 Å². The minimum Gasteiger partial charge on any atom is -0.352 e. The van der Waals surface area contributed by atoms with E-state index in [2.05, 4.69) is 16.8 Å². The molecule has 1 saturated heterocycles. The number of likely N-dealkylation sites (tertiary alicyclic amines) is 1. The van der Waals surface area contributed by atoms with Crippen molar-refractivity contribution in [3.05, 3.63) is 12.7 Å². The minimum atomic E-state index is 0.0831. The third-order valence-corrected chi connectivity index (χ3v) is 2.76. The molecule has 0 aromatic rings. The Kier molecular flexibility index (Phi) is 4.82. The molecule has 0 aromatic heterocycles. The molecule has 0 aliphatic carbocycles. The first-order valence-corrected chi connectivity index (χ1v) is 5.77. The van der Waals surface area contributed by atoms with Gasteiger partial charge in [0.15, 0.2) is 0 Å². The van der Waals surface area contributed by atoms with Gasteiger partial charge in [-0.3, -0.25) is 9.69 Å². The number of piperidine rings is 1. The zero-order chi connectivity index (χ0) is 11.3. The van der Waals surface area contributed by atoms with Crippen LogP contribution >= 0.6 is 0 Å². The first kappa shape index (κ1) is 12.2. The van der Waals surface area contributed by atoms with Gasteiger partial charge >= 0.3 is 0 Å². The maximum Gasteiger partial charge on any atom is 0.222 e. The van der Waals surface area contributed by atoms with Crippen molar-refractivity contribution in [2.24, 2.45) is 5.92 Å².